The summed E-state index contributed by atoms with van der Waals surface area (Å²) >= 11 is 13.6. The molecular weight excluding hydrogens is 608 g/mol. The Morgan fingerprint density at radius 2 is 2.10 bits per heavy atom. The summed E-state index contributed by atoms with van der Waals surface area (Å²) in [5.74, 6) is 0.406. The lowest BCUT2D eigenvalue weighted by molar-refractivity contribution is -0.119. The smallest absolute Gasteiger partial charge is 0.326 e. The molecule has 206 valence electrons. The second-order valence-electron chi connectivity index (χ2n) is 8.13. The van der Waals surface area contributed by atoms with Crippen LogP contribution in [0.3, 0.4) is 0 Å². The molecule has 0 amide bonds. The number of rotatable bonds is 12. The monoisotopic (exact) mass is 629 g/mol. The van der Waals surface area contributed by atoms with Gasteiger partial charge in [0.25, 0.3) is 0 Å². The third kappa shape index (κ3) is 8.04. The Morgan fingerprint density at radius 3 is 2.82 bits per heavy atom. The van der Waals surface area contributed by atoms with E-state index in [1.54, 1.807) is 12.1 Å². The lowest BCUT2D eigenvalue weighted by atomic mass is 10.0. The standard InChI is InChI=1S/C23H22ClFN5O5PS3/c1-2-35-20-10-19-16(21(27-12-26-19)28-14-3-4-18(25)17(24)9-14)8-13(20)7-15(31)11-30-23(37)39-22(29-30)38-6-5-36(32,33)34/h3-4,8-10,12H,2,5-7,11H2,1H3,(H,26,27,28)(H2,32,33,34). The van der Waals surface area contributed by atoms with Crippen LogP contribution in [0.2, 0.25) is 5.02 Å². The quantitative estimate of drug-likeness (QED) is 0.102. The molecule has 10 nitrogen and oxygen atoms in total. The molecule has 0 atom stereocenters. The highest BCUT2D eigenvalue weighted by atomic mass is 35.5. The number of aromatic nitrogens is 4. The molecule has 0 spiro atoms. The van der Waals surface area contributed by atoms with Gasteiger partial charge in [0.2, 0.25) is 0 Å². The minimum Gasteiger partial charge on any atom is -0.494 e. The van der Waals surface area contributed by atoms with Crippen molar-refractivity contribution in [1.82, 2.24) is 19.7 Å². The predicted octanol–water partition coefficient (Wildman–Crippen LogP) is 5.63. The normalized spacial score (nSPS) is 11.6. The van der Waals surface area contributed by atoms with Gasteiger partial charge in [-0.05, 0) is 43.4 Å². The van der Waals surface area contributed by atoms with Gasteiger partial charge in [0, 0.05) is 34.9 Å². The van der Waals surface area contributed by atoms with Crippen molar-refractivity contribution in [3.63, 3.8) is 0 Å². The average Bonchev–Trinajstić information content (AvgIpc) is 3.20. The minimum atomic E-state index is -4.10. The lowest BCUT2D eigenvalue weighted by Gasteiger charge is -2.14. The van der Waals surface area contributed by atoms with Gasteiger partial charge in [-0.2, -0.15) is 5.10 Å². The summed E-state index contributed by atoms with van der Waals surface area (Å²) in [6.07, 6.45) is 1.12. The molecule has 39 heavy (non-hydrogen) atoms. The SMILES string of the molecule is CCOc1cc2ncnc(Nc3ccc(F)c(Cl)c3)c2cc1CC(=O)Cn1nc(SCCP(=O)(O)O)sc1=S. The summed E-state index contributed by atoms with van der Waals surface area (Å²) < 4.78 is 32.7. The van der Waals surface area contributed by atoms with E-state index in [1.165, 1.54) is 52.3 Å². The van der Waals surface area contributed by atoms with Crippen molar-refractivity contribution >= 4 is 82.7 Å². The zero-order chi connectivity index (χ0) is 28.2. The molecule has 0 aliphatic heterocycles. The molecule has 0 bridgehead atoms. The average molecular weight is 630 g/mol. The number of fused-ring (bicyclic) bond motifs is 1. The number of anilines is 2. The van der Waals surface area contributed by atoms with Crippen LogP contribution in [0.25, 0.3) is 10.9 Å². The fraction of sp³-hybridized carbons (Fsp3) is 0.261. The van der Waals surface area contributed by atoms with Crippen molar-refractivity contribution in [3.8, 4) is 5.75 Å². The number of ketones is 1. The second-order valence-corrected chi connectivity index (χ2v) is 13.3. The van der Waals surface area contributed by atoms with Gasteiger partial charge < -0.3 is 19.8 Å². The number of halogens is 2. The topological polar surface area (TPSA) is 139 Å². The summed E-state index contributed by atoms with van der Waals surface area (Å²) in [4.78, 5) is 39.7. The molecule has 0 aliphatic carbocycles. The van der Waals surface area contributed by atoms with Gasteiger partial charge in [-0.1, -0.05) is 34.7 Å². The zero-order valence-electron chi connectivity index (χ0n) is 20.3. The number of hydrogen-bond donors (Lipinski definition) is 3. The number of carbonyl (C=O) groups is 1. The molecule has 0 saturated heterocycles. The van der Waals surface area contributed by atoms with Crippen molar-refractivity contribution < 1.29 is 28.3 Å². The van der Waals surface area contributed by atoms with Gasteiger partial charge in [0.05, 0.1) is 23.3 Å². The van der Waals surface area contributed by atoms with Gasteiger partial charge >= 0.3 is 7.60 Å². The van der Waals surface area contributed by atoms with Crippen LogP contribution in [0.15, 0.2) is 41.0 Å². The number of benzene rings is 2. The third-order valence-electron chi connectivity index (χ3n) is 5.21. The maximum absolute atomic E-state index is 13.6. The number of hydrogen-bond acceptors (Lipinski definition) is 10. The summed E-state index contributed by atoms with van der Waals surface area (Å²) in [5, 5.41) is 8.02. The fourth-order valence-electron chi connectivity index (χ4n) is 3.50. The van der Waals surface area contributed by atoms with Crippen molar-refractivity contribution in [2.24, 2.45) is 0 Å². The first-order valence-corrected chi connectivity index (χ1v) is 15.8. The first-order valence-electron chi connectivity index (χ1n) is 11.4. The molecule has 16 heteroatoms. The minimum absolute atomic E-state index is 0.0158. The van der Waals surface area contributed by atoms with Crippen LogP contribution in [0.4, 0.5) is 15.9 Å². The van der Waals surface area contributed by atoms with Crippen LogP contribution in [0.1, 0.15) is 12.5 Å². The Balaban J connectivity index is 1.56. The molecule has 0 aliphatic rings. The summed E-state index contributed by atoms with van der Waals surface area (Å²) in [7, 11) is -4.10. The van der Waals surface area contributed by atoms with E-state index in [4.69, 9.17) is 38.3 Å². The van der Waals surface area contributed by atoms with Crippen molar-refractivity contribution in [1.29, 1.82) is 0 Å². The maximum Gasteiger partial charge on any atom is 0.326 e. The van der Waals surface area contributed by atoms with Crippen molar-refractivity contribution in [2.45, 2.75) is 24.2 Å². The third-order valence-corrected chi connectivity index (χ3v) is 9.05. The molecule has 2 heterocycles. The first-order chi connectivity index (χ1) is 18.5. The second kappa shape index (κ2) is 12.8. The van der Waals surface area contributed by atoms with E-state index in [0.29, 0.717) is 48.6 Å². The van der Waals surface area contributed by atoms with Crippen LogP contribution in [-0.4, -0.2) is 53.8 Å². The van der Waals surface area contributed by atoms with Crippen LogP contribution in [-0.2, 0) is 22.3 Å². The highest BCUT2D eigenvalue weighted by Crippen LogP contribution is 2.36. The summed E-state index contributed by atoms with van der Waals surface area (Å²) in [6, 6.07) is 7.73. The number of nitrogens with one attached hydrogen (secondary N) is 1. The van der Waals surface area contributed by atoms with Crippen LogP contribution >= 0.6 is 54.5 Å². The highest BCUT2D eigenvalue weighted by Gasteiger charge is 2.17. The molecule has 2 aromatic carbocycles. The number of Topliss-reactive ketones (excluding diaryl/α,β-unsaturated/α-hetero) is 1. The first kappa shape index (κ1) is 29.5. The Morgan fingerprint density at radius 1 is 1.31 bits per heavy atom. The lowest BCUT2D eigenvalue weighted by Crippen LogP contribution is -2.14. The van der Waals surface area contributed by atoms with Crippen molar-refractivity contribution in [2.75, 3.05) is 23.8 Å². The van der Waals surface area contributed by atoms with Gasteiger partial charge in [0.1, 0.15) is 30.3 Å². The summed E-state index contributed by atoms with van der Waals surface area (Å²) in [5.41, 5.74) is 1.72. The van der Waals surface area contributed by atoms with Gasteiger partial charge in [0.15, 0.2) is 14.1 Å². The molecular formula is C23H22ClFN5O5PS3. The highest BCUT2D eigenvalue weighted by molar-refractivity contribution is 8.01. The summed E-state index contributed by atoms with van der Waals surface area (Å²) in [6.45, 7) is 2.13. The van der Waals surface area contributed by atoms with E-state index in [-0.39, 0.29) is 35.7 Å². The molecule has 0 radical (unpaired) electrons. The van der Waals surface area contributed by atoms with Crippen molar-refractivity contribution in [3.05, 3.63) is 57.0 Å². The van der Waals surface area contributed by atoms with E-state index in [9.17, 15) is 13.8 Å². The maximum atomic E-state index is 13.6. The van der Waals surface area contributed by atoms with E-state index in [1.807, 2.05) is 6.92 Å². The Hall–Kier alpha value is -2.45. The molecule has 0 unspecified atom stereocenters. The Labute approximate surface area is 240 Å². The molecule has 3 N–H and O–H groups in total. The van der Waals surface area contributed by atoms with Gasteiger partial charge in [-0.3, -0.25) is 9.36 Å². The molecule has 4 aromatic rings. The van der Waals surface area contributed by atoms with E-state index in [0.717, 1.165) is 0 Å². The number of carbonyl (C=O) groups excluding carboxylic acids is 1. The van der Waals surface area contributed by atoms with Gasteiger partial charge in [-0.15, -0.1) is 0 Å². The predicted molar refractivity (Wildman–Crippen MR) is 153 cm³/mol. The fourth-order valence-corrected chi connectivity index (χ4v) is 7.05. The zero-order valence-corrected chi connectivity index (χ0v) is 24.4. The van der Waals surface area contributed by atoms with Gasteiger partial charge in [-0.25, -0.2) is 19.0 Å². The largest absolute Gasteiger partial charge is 0.494 e. The molecule has 4 rings (SSSR count). The van der Waals surface area contributed by atoms with E-state index in [2.05, 4.69) is 20.4 Å². The Bertz CT molecular complexity index is 1630. The molecule has 0 fully saturated rings. The van der Waals surface area contributed by atoms with E-state index < -0.39 is 13.4 Å². The molecule has 0 saturated carbocycles. The van der Waals surface area contributed by atoms with Crippen LogP contribution < -0.4 is 10.1 Å². The number of thioether (sulfide) groups is 1. The van der Waals surface area contributed by atoms with E-state index >= 15 is 0 Å². The van der Waals surface area contributed by atoms with Crippen LogP contribution in [0.5, 0.6) is 5.75 Å². The Kier molecular flexibility index (Phi) is 9.70. The molecule has 2 aromatic heterocycles. The van der Waals surface area contributed by atoms with Crippen LogP contribution in [0, 0.1) is 9.77 Å². The number of ether oxygens (including phenoxy) is 1. The number of nitrogens with zero attached hydrogens (tertiary/aromatic N) is 4.